The molecule has 0 atom stereocenters. The van der Waals surface area contributed by atoms with Crippen LogP contribution in [-0.2, 0) is 19.8 Å². The zero-order chi connectivity index (χ0) is 18.3. The van der Waals surface area contributed by atoms with E-state index >= 15 is 0 Å². The molecule has 0 spiro atoms. The Morgan fingerprint density at radius 1 is 1.20 bits per heavy atom. The van der Waals surface area contributed by atoms with E-state index < -0.39 is 17.2 Å². The van der Waals surface area contributed by atoms with Crippen LogP contribution >= 0.6 is 46.3 Å². The van der Waals surface area contributed by atoms with Crippen LogP contribution in [0.2, 0.25) is 9.49 Å². The molecule has 0 saturated heterocycles. The molecule has 6 nitrogen and oxygen atoms in total. The van der Waals surface area contributed by atoms with Gasteiger partial charge in [0.15, 0.2) is 4.47 Å². The number of halogens is 3. The first-order chi connectivity index (χ1) is 11.8. The lowest BCUT2D eigenvalue weighted by atomic mass is 10.3. The molecule has 0 aliphatic rings. The Kier molecular flexibility index (Phi) is 5.10. The van der Waals surface area contributed by atoms with Crippen LogP contribution in [0.15, 0.2) is 32.8 Å². The Labute approximate surface area is 159 Å². The molecule has 3 aromatic rings. The number of thiazole rings is 1. The quantitative estimate of drug-likeness (QED) is 0.608. The predicted molar refractivity (Wildman–Crippen MR) is 97.9 cm³/mol. The fourth-order valence-electron chi connectivity index (χ4n) is 2.13. The molecule has 2 heterocycles. The lowest BCUT2D eigenvalue weighted by Gasteiger charge is -2.07. The van der Waals surface area contributed by atoms with Gasteiger partial charge in [0.1, 0.15) is 5.82 Å². The van der Waals surface area contributed by atoms with Gasteiger partial charge in [0.2, 0.25) is 0 Å². The molecule has 132 valence electrons. The van der Waals surface area contributed by atoms with Crippen molar-refractivity contribution < 1.29 is 4.39 Å². The summed E-state index contributed by atoms with van der Waals surface area (Å²) in [6.45, 7) is 0. The van der Waals surface area contributed by atoms with Crippen LogP contribution in [0.3, 0.4) is 0 Å². The van der Waals surface area contributed by atoms with Crippen LogP contribution in [0.4, 0.5) is 4.39 Å². The molecular weight excluding hydrogens is 410 g/mol. The van der Waals surface area contributed by atoms with E-state index in [0.717, 1.165) is 18.8 Å². The van der Waals surface area contributed by atoms with Gasteiger partial charge in [0.25, 0.3) is 0 Å². The van der Waals surface area contributed by atoms with Gasteiger partial charge < -0.3 is 0 Å². The second kappa shape index (κ2) is 6.99. The van der Waals surface area contributed by atoms with Crippen molar-refractivity contribution in [2.45, 2.75) is 10.6 Å². The molecule has 0 unspecified atom stereocenters. The van der Waals surface area contributed by atoms with E-state index in [4.69, 9.17) is 23.2 Å². The first-order valence-electron chi connectivity index (χ1n) is 6.87. The van der Waals surface area contributed by atoms with Gasteiger partial charge in [0, 0.05) is 35.8 Å². The maximum atomic E-state index is 14.5. The molecule has 0 bridgehead atoms. The zero-order valence-corrected chi connectivity index (χ0v) is 16.1. The van der Waals surface area contributed by atoms with Gasteiger partial charge in [0.05, 0.1) is 10.7 Å². The molecule has 11 heteroatoms. The lowest BCUT2D eigenvalue weighted by Crippen LogP contribution is -2.27. The van der Waals surface area contributed by atoms with E-state index in [1.807, 2.05) is 0 Å². The zero-order valence-electron chi connectivity index (χ0n) is 13.0. The molecule has 2 aromatic heterocycles. The van der Waals surface area contributed by atoms with Gasteiger partial charge in [-0.3, -0.25) is 0 Å². The van der Waals surface area contributed by atoms with Crippen LogP contribution in [0, 0.1) is 5.82 Å². The second-order valence-corrected chi connectivity index (χ2v) is 8.17. The van der Waals surface area contributed by atoms with Gasteiger partial charge in [-0.1, -0.05) is 23.2 Å². The number of aromatic nitrogens is 4. The second-order valence-electron chi connectivity index (χ2n) is 5.05. The maximum Gasteiger partial charge on any atom is 0.351 e. The Balaban J connectivity index is 1.97. The van der Waals surface area contributed by atoms with Crippen molar-refractivity contribution in [1.82, 2.24) is 18.9 Å². The minimum absolute atomic E-state index is 0.179. The highest BCUT2D eigenvalue weighted by molar-refractivity contribution is 7.98. The fourth-order valence-corrected chi connectivity index (χ4v) is 4.40. The predicted octanol–water partition coefficient (Wildman–Crippen LogP) is 3.07. The molecule has 0 N–H and O–H groups in total. The normalized spacial score (nSPS) is 11.2. The van der Waals surface area contributed by atoms with Crippen molar-refractivity contribution in [3.8, 4) is 5.69 Å². The summed E-state index contributed by atoms with van der Waals surface area (Å²) >= 11 is 14.6. The van der Waals surface area contributed by atoms with Crippen LogP contribution in [0.5, 0.6) is 0 Å². The third kappa shape index (κ3) is 3.41. The average Bonchev–Trinajstić information content (AvgIpc) is 3.06. The largest absolute Gasteiger partial charge is 0.351 e. The minimum atomic E-state index is -0.709. The van der Waals surface area contributed by atoms with Crippen LogP contribution in [-0.4, -0.2) is 18.9 Å². The van der Waals surface area contributed by atoms with Gasteiger partial charge in [-0.05, 0) is 12.1 Å². The summed E-state index contributed by atoms with van der Waals surface area (Å²) in [5.74, 6) is -0.185. The molecule has 0 amide bonds. The van der Waals surface area contributed by atoms with Crippen LogP contribution in [0.25, 0.3) is 5.69 Å². The van der Waals surface area contributed by atoms with E-state index in [9.17, 15) is 14.0 Å². The van der Waals surface area contributed by atoms with E-state index in [2.05, 4.69) is 4.98 Å². The fraction of sp³-hybridized carbons (Fsp3) is 0.214. The van der Waals surface area contributed by atoms with Crippen LogP contribution in [0.1, 0.15) is 4.88 Å². The smallest absolute Gasteiger partial charge is 0.246 e. The Morgan fingerprint density at radius 2 is 1.84 bits per heavy atom. The summed E-state index contributed by atoms with van der Waals surface area (Å²) < 4.78 is 17.9. The van der Waals surface area contributed by atoms with Crippen molar-refractivity contribution >= 4 is 46.3 Å². The third-order valence-electron chi connectivity index (χ3n) is 3.52. The van der Waals surface area contributed by atoms with E-state index in [1.165, 1.54) is 49.3 Å². The number of nitrogens with zero attached hydrogens (tertiary/aromatic N) is 4. The van der Waals surface area contributed by atoms with Gasteiger partial charge in [-0.15, -0.1) is 23.1 Å². The number of hydrogen-bond donors (Lipinski definition) is 0. The highest BCUT2D eigenvalue weighted by Gasteiger charge is 2.18. The van der Waals surface area contributed by atoms with Crippen molar-refractivity contribution in [2.24, 2.45) is 14.1 Å². The molecule has 25 heavy (non-hydrogen) atoms. The highest BCUT2D eigenvalue weighted by atomic mass is 35.5. The van der Waals surface area contributed by atoms with Crippen molar-refractivity contribution in [2.75, 3.05) is 0 Å². The Bertz CT molecular complexity index is 1040. The number of hydrogen-bond acceptors (Lipinski definition) is 5. The summed E-state index contributed by atoms with van der Waals surface area (Å²) in [4.78, 5) is 29.6. The lowest BCUT2D eigenvalue weighted by molar-refractivity contribution is 0.565. The van der Waals surface area contributed by atoms with Crippen molar-refractivity contribution in [1.29, 1.82) is 0 Å². The standard InChI is InChI=1S/C14H11Cl2FN4O2S2/c1-19-13(22)21(14(23)20(19)2)10-3-8(15)11(4-9(10)17)24-6-7-5-18-12(16)25-7/h3-5H,6H2,1-2H3. The van der Waals surface area contributed by atoms with Crippen molar-refractivity contribution in [3.05, 3.63) is 59.5 Å². The molecule has 0 aliphatic heterocycles. The van der Waals surface area contributed by atoms with Gasteiger partial charge in [-0.25, -0.2) is 32.9 Å². The number of benzene rings is 1. The SMILES string of the molecule is Cn1c(=O)n(-c2cc(Cl)c(SCc3cnc(Cl)s3)cc2F)c(=O)n1C. The Hall–Kier alpha value is -1.55. The monoisotopic (exact) mass is 420 g/mol. The first kappa shape index (κ1) is 18.2. The molecule has 3 rings (SSSR count). The topological polar surface area (TPSA) is 61.8 Å². The van der Waals surface area contributed by atoms with Gasteiger partial charge in [-0.2, -0.15) is 0 Å². The Morgan fingerprint density at radius 3 is 2.40 bits per heavy atom. The maximum absolute atomic E-state index is 14.5. The first-order valence-corrected chi connectivity index (χ1v) is 9.43. The average molecular weight is 421 g/mol. The van der Waals surface area contributed by atoms with Crippen LogP contribution < -0.4 is 11.4 Å². The molecule has 0 saturated carbocycles. The number of rotatable bonds is 4. The summed E-state index contributed by atoms with van der Waals surface area (Å²) in [6.07, 6.45) is 1.64. The molecular formula is C14H11Cl2FN4O2S2. The molecule has 0 radical (unpaired) electrons. The summed E-state index contributed by atoms with van der Waals surface area (Å²) in [6, 6.07) is 2.49. The highest BCUT2D eigenvalue weighted by Crippen LogP contribution is 2.34. The minimum Gasteiger partial charge on any atom is -0.246 e. The van der Waals surface area contributed by atoms with E-state index in [-0.39, 0.29) is 10.7 Å². The summed E-state index contributed by atoms with van der Waals surface area (Å²) in [5, 5.41) is 0.245. The van der Waals surface area contributed by atoms with E-state index in [0.29, 0.717) is 15.1 Å². The molecule has 0 aliphatic carbocycles. The summed E-state index contributed by atoms with van der Waals surface area (Å²) in [7, 11) is 2.84. The summed E-state index contributed by atoms with van der Waals surface area (Å²) in [5.41, 5.74) is -1.48. The van der Waals surface area contributed by atoms with Gasteiger partial charge >= 0.3 is 11.4 Å². The molecule has 1 aromatic carbocycles. The van der Waals surface area contributed by atoms with Crippen molar-refractivity contribution in [3.63, 3.8) is 0 Å². The van der Waals surface area contributed by atoms with E-state index in [1.54, 1.807) is 6.20 Å². The number of thioether (sulfide) groups is 1. The third-order valence-corrected chi connectivity index (χ3v) is 6.35. The molecule has 0 fully saturated rings.